The van der Waals surface area contributed by atoms with E-state index >= 15 is 0 Å². The predicted octanol–water partition coefficient (Wildman–Crippen LogP) is 2.18. The minimum absolute atomic E-state index is 0.0225. The molecule has 0 aromatic heterocycles. The first-order valence-corrected chi connectivity index (χ1v) is 3.30. The average molecular weight is 155 g/mol. The lowest BCUT2D eigenvalue weighted by Crippen LogP contribution is -1.92. The summed E-state index contributed by atoms with van der Waals surface area (Å²) in [4.78, 5) is 2.81. The summed E-state index contributed by atoms with van der Waals surface area (Å²) in [5.41, 5.74) is 0.0225. The zero-order valence-corrected chi connectivity index (χ0v) is 6.61. The van der Waals surface area contributed by atoms with Crippen molar-refractivity contribution in [2.24, 2.45) is 0 Å². The van der Waals surface area contributed by atoms with Crippen LogP contribution in [0, 0.1) is 5.39 Å². The Kier molecular flexibility index (Phi) is 4.58. The molecule has 4 nitrogen and oxygen atoms in total. The van der Waals surface area contributed by atoms with E-state index in [4.69, 9.17) is 10.5 Å². The molecule has 0 aliphatic rings. The predicted molar refractivity (Wildman–Crippen MR) is 41.2 cm³/mol. The van der Waals surface area contributed by atoms with Crippen molar-refractivity contribution in [3.05, 3.63) is 28.8 Å². The Balaban J connectivity index is 4.43. The van der Waals surface area contributed by atoms with E-state index in [-0.39, 0.29) is 11.6 Å². The number of aliphatic hydroxyl groups excluding tert-OH is 1. The lowest BCUT2D eigenvalue weighted by molar-refractivity contribution is 0.0999. The number of diazo groups is 1. The molecule has 0 aromatic rings. The van der Waals surface area contributed by atoms with Crippen LogP contribution < -0.4 is 0 Å². The second-order valence-electron chi connectivity index (χ2n) is 1.72. The Bertz CT molecular complexity index is 213. The molecular formula is C7H11N2O2+. The average Bonchev–Trinajstić information content (AvgIpc) is 2.00. The van der Waals surface area contributed by atoms with Crippen LogP contribution >= 0.6 is 0 Å². The van der Waals surface area contributed by atoms with Crippen LogP contribution in [-0.2, 0) is 4.74 Å². The first-order valence-electron chi connectivity index (χ1n) is 3.30. The zero-order valence-electron chi connectivity index (χ0n) is 6.61. The molecule has 11 heavy (non-hydrogen) atoms. The molecule has 0 radical (unpaired) electrons. The van der Waals surface area contributed by atoms with Gasteiger partial charge in [0.25, 0.3) is 0 Å². The van der Waals surface area contributed by atoms with Gasteiger partial charge < -0.3 is 9.84 Å². The van der Waals surface area contributed by atoms with Crippen LogP contribution in [0.15, 0.2) is 23.8 Å². The van der Waals surface area contributed by atoms with Gasteiger partial charge in [-0.1, -0.05) is 6.08 Å². The molecule has 0 heterocycles. The first kappa shape index (κ1) is 9.50. The van der Waals surface area contributed by atoms with Gasteiger partial charge in [0.2, 0.25) is 5.39 Å². The summed E-state index contributed by atoms with van der Waals surface area (Å²) in [5, 5.41) is 17.3. The Labute approximate surface area is 65.4 Å². The van der Waals surface area contributed by atoms with Gasteiger partial charge in [0.1, 0.15) is 0 Å². The summed E-state index contributed by atoms with van der Waals surface area (Å²) in [6.45, 7) is 3.80. The lowest BCUT2D eigenvalue weighted by Gasteiger charge is -1.94. The summed E-state index contributed by atoms with van der Waals surface area (Å²) in [7, 11) is 0. The molecule has 0 unspecified atom stereocenters. The highest BCUT2D eigenvalue weighted by Crippen LogP contribution is 2.05. The third-order valence-corrected chi connectivity index (χ3v) is 0.932. The van der Waals surface area contributed by atoms with Gasteiger partial charge in [-0.25, -0.2) is 0 Å². The second-order valence-corrected chi connectivity index (χ2v) is 1.72. The largest absolute Gasteiger partial charge is 0.475 e. The molecule has 0 bridgehead atoms. The number of hydrogen-bond acceptors (Lipinski definition) is 3. The van der Waals surface area contributed by atoms with E-state index in [0.29, 0.717) is 6.61 Å². The molecule has 0 fully saturated rings. The van der Waals surface area contributed by atoms with Crippen LogP contribution in [0.5, 0.6) is 0 Å². The van der Waals surface area contributed by atoms with Crippen LogP contribution in [0.1, 0.15) is 13.8 Å². The maximum atomic E-state index is 8.99. The molecule has 0 aromatic carbocycles. The monoisotopic (exact) mass is 155 g/mol. The highest BCUT2D eigenvalue weighted by atomic mass is 16.6. The molecule has 0 atom stereocenters. The number of allylic oxidation sites excluding steroid dienone is 2. The highest BCUT2D eigenvalue weighted by molar-refractivity contribution is 5.23. The van der Waals surface area contributed by atoms with Crippen LogP contribution in [0.4, 0.5) is 0 Å². The van der Waals surface area contributed by atoms with Crippen molar-refractivity contribution in [2.75, 3.05) is 6.61 Å². The van der Waals surface area contributed by atoms with E-state index in [2.05, 4.69) is 9.71 Å². The van der Waals surface area contributed by atoms with Gasteiger partial charge in [0.15, 0.2) is 4.98 Å². The normalized spacial score (nSPS) is 12.5. The fourth-order valence-electron chi connectivity index (χ4n) is 0.516. The fraction of sp³-hybridized carbons (Fsp3) is 0.429. The van der Waals surface area contributed by atoms with Gasteiger partial charge in [-0.15, -0.1) is 0 Å². The molecule has 1 N–H and O–H groups in total. The van der Waals surface area contributed by atoms with Gasteiger partial charge in [-0.3, -0.25) is 0 Å². The van der Waals surface area contributed by atoms with Crippen molar-refractivity contribution in [1.82, 2.24) is 0 Å². The Morgan fingerprint density at radius 2 is 2.36 bits per heavy atom. The Morgan fingerprint density at radius 1 is 1.73 bits per heavy atom. The standard InChI is InChI=1S/C7H10N2O2/c1-3-5-6(9-8)7(10)11-4-2/h3,5H,4H2,1-2H3/p+1. The molecule has 4 heteroatoms. The number of nitrogens with zero attached hydrogens (tertiary/aromatic N) is 2. The van der Waals surface area contributed by atoms with E-state index in [1.807, 2.05) is 0 Å². The van der Waals surface area contributed by atoms with Crippen molar-refractivity contribution in [3.63, 3.8) is 0 Å². The van der Waals surface area contributed by atoms with E-state index < -0.39 is 0 Å². The van der Waals surface area contributed by atoms with Crippen LogP contribution in [-0.4, -0.2) is 11.7 Å². The molecule has 0 spiro atoms. The minimum atomic E-state index is -0.367. The van der Waals surface area contributed by atoms with Crippen molar-refractivity contribution >= 4 is 0 Å². The van der Waals surface area contributed by atoms with Gasteiger partial charge >= 0.3 is 11.6 Å². The van der Waals surface area contributed by atoms with Crippen molar-refractivity contribution < 1.29 is 9.84 Å². The fourth-order valence-corrected chi connectivity index (χ4v) is 0.516. The Hall–Kier alpha value is -1.50. The van der Waals surface area contributed by atoms with Gasteiger partial charge in [0, 0.05) is 6.08 Å². The van der Waals surface area contributed by atoms with Crippen molar-refractivity contribution in [3.8, 4) is 0 Å². The lowest BCUT2D eigenvalue weighted by atomic mass is 10.4. The molecule has 0 amide bonds. The van der Waals surface area contributed by atoms with Crippen LogP contribution in [0.2, 0.25) is 0 Å². The summed E-state index contributed by atoms with van der Waals surface area (Å²) in [5.74, 6) is -0.367. The zero-order chi connectivity index (χ0) is 8.69. The second kappa shape index (κ2) is 5.30. The summed E-state index contributed by atoms with van der Waals surface area (Å²) >= 11 is 0. The summed E-state index contributed by atoms with van der Waals surface area (Å²) in [6, 6.07) is 0. The van der Waals surface area contributed by atoms with E-state index in [0.717, 1.165) is 0 Å². The van der Waals surface area contributed by atoms with E-state index in [1.165, 1.54) is 6.08 Å². The van der Waals surface area contributed by atoms with Crippen molar-refractivity contribution in [1.29, 1.82) is 5.39 Å². The van der Waals surface area contributed by atoms with Gasteiger partial charge in [-0.2, -0.15) is 0 Å². The molecule has 0 aliphatic heterocycles. The quantitative estimate of drug-likeness (QED) is 0.386. The first-order chi connectivity index (χ1) is 5.26. The maximum Gasteiger partial charge on any atom is 0.463 e. The molecular weight excluding hydrogens is 144 g/mol. The van der Waals surface area contributed by atoms with Gasteiger partial charge in [0.05, 0.1) is 6.61 Å². The molecule has 0 saturated heterocycles. The van der Waals surface area contributed by atoms with Crippen LogP contribution in [0.25, 0.3) is 4.98 Å². The number of aliphatic hydroxyl groups is 1. The van der Waals surface area contributed by atoms with E-state index in [9.17, 15) is 0 Å². The highest BCUT2D eigenvalue weighted by Gasteiger charge is 2.15. The van der Waals surface area contributed by atoms with Crippen LogP contribution in [0.3, 0.4) is 0 Å². The maximum absolute atomic E-state index is 8.99. The van der Waals surface area contributed by atoms with E-state index in [1.54, 1.807) is 19.9 Å². The van der Waals surface area contributed by atoms with Gasteiger partial charge in [-0.05, 0) is 13.8 Å². The summed E-state index contributed by atoms with van der Waals surface area (Å²) < 4.78 is 4.68. The third-order valence-electron chi connectivity index (χ3n) is 0.932. The van der Waals surface area contributed by atoms with Crippen molar-refractivity contribution in [2.45, 2.75) is 13.8 Å². The topological polar surface area (TPSA) is 57.6 Å². The number of rotatable bonds is 3. The Morgan fingerprint density at radius 3 is 2.73 bits per heavy atom. The molecule has 0 saturated carbocycles. The molecule has 0 aliphatic carbocycles. The third kappa shape index (κ3) is 3.26. The molecule has 60 valence electrons. The smallest absolute Gasteiger partial charge is 0.463 e. The summed E-state index contributed by atoms with van der Waals surface area (Å²) in [6.07, 6.45) is 3.06. The minimum Gasteiger partial charge on any atom is -0.475 e. The number of hydrogen-bond donors (Lipinski definition) is 1. The number of ether oxygens (including phenoxy) is 1. The molecule has 0 rings (SSSR count). The SMILES string of the molecule is CC=CC([N+]#N)=C(O)OCC.